The molecule has 0 saturated heterocycles. The van der Waals surface area contributed by atoms with Gasteiger partial charge in [-0.3, -0.25) is 0 Å². The quantitative estimate of drug-likeness (QED) is 0.928. The van der Waals surface area contributed by atoms with E-state index in [-0.39, 0.29) is 6.10 Å². The summed E-state index contributed by atoms with van der Waals surface area (Å²) in [5.41, 5.74) is 1.36. The van der Waals surface area contributed by atoms with Gasteiger partial charge in [-0.2, -0.15) is 0 Å². The molecule has 1 aromatic rings. The van der Waals surface area contributed by atoms with Crippen molar-refractivity contribution in [3.63, 3.8) is 0 Å². The van der Waals surface area contributed by atoms with Gasteiger partial charge in [0.15, 0.2) is 0 Å². The molecule has 0 aromatic heterocycles. The number of fused-ring (bicyclic) bond motifs is 1. The summed E-state index contributed by atoms with van der Waals surface area (Å²) in [6.07, 6.45) is 7.10. The average Bonchev–Trinajstić information content (AvgIpc) is 2.53. The van der Waals surface area contributed by atoms with E-state index < -0.39 is 5.97 Å². The first-order valence-electron chi connectivity index (χ1n) is 7.73. The first-order chi connectivity index (χ1) is 10.2. The lowest BCUT2D eigenvalue weighted by Crippen LogP contribution is -2.36. The van der Waals surface area contributed by atoms with Gasteiger partial charge < -0.3 is 14.6 Å². The summed E-state index contributed by atoms with van der Waals surface area (Å²) in [6.45, 7) is 0. The molecule has 1 aliphatic carbocycles. The largest absolute Gasteiger partial charge is 0.490 e. The van der Waals surface area contributed by atoms with Crippen LogP contribution in [0.4, 0.5) is 0 Å². The maximum atomic E-state index is 11.0. The van der Waals surface area contributed by atoms with Crippen molar-refractivity contribution in [1.82, 2.24) is 0 Å². The lowest BCUT2D eigenvalue weighted by Gasteiger charge is -2.36. The number of methoxy groups -OCH3 is 1. The Morgan fingerprint density at radius 2 is 2.19 bits per heavy atom. The van der Waals surface area contributed by atoms with Crippen LogP contribution >= 0.6 is 0 Å². The molecule has 1 saturated carbocycles. The van der Waals surface area contributed by atoms with E-state index in [1.54, 1.807) is 19.2 Å². The molecule has 1 fully saturated rings. The zero-order valence-electron chi connectivity index (χ0n) is 12.4. The van der Waals surface area contributed by atoms with Crippen LogP contribution in [0.25, 0.3) is 0 Å². The molecule has 3 rings (SSSR count). The molecular weight excluding hydrogens is 268 g/mol. The fourth-order valence-corrected chi connectivity index (χ4v) is 3.61. The van der Waals surface area contributed by atoms with E-state index in [9.17, 15) is 4.79 Å². The van der Waals surface area contributed by atoms with Gasteiger partial charge in [0.1, 0.15) is 11.9 Å². The first kappa shape index (κ1) is 14.4. The van der Waals surface area contributed by atoms with E-state index in [2.05, 4.69) is 0 Å². The van der Waals surface area contributed by atoms with Gasteiger partial charge in [0.05, 0.1) is 11.7 Å². The molecule has 114 valence electrons. The maximum Gasteiger partial charge on any atom is 0.335 e. The van der Waals surface area contributed by atoms with Crippen LogP contribution in [0.15, 0.2) is 18.2 Å². The molecule has 1 heterocycles. The Kier molecular flexibility index (Phi) is 4.15. The Labute approximate surface area is 125 Å². The van der Waals surface area contributed by atoms with Gasteiger partial charge >= 0.3 is 5.97 Å². The van der Waals surface area contributed by atoms with Crippen molar-refractivity contribution in [3.05, 3.63) is 29.3 Å². The van der Waals surface area contributed by atoms with Crippen molar-refractivity contribution in [2.45, 2.75) is 50.7 Å². The molecule has 3 unspecified atom stereocenters. The Balaban J connectivity index is 1.71. The van der Waals surface area contributed by atoms with E-state index in [1.807, 2.05) is 6.07 Å². The zero-order valence-corrected chi connectivity index (χ0v) is 12.4. The van der Waals surface area contributed by atoms with Gasteiger partial charge in [-0.05, 0) is 61.8 Å². The standard InChI is InChI=1S/C17H22O4/c1-20-14-4-2-3-11(10-14)15-7-5-12-9-13(17(18)19)6-8-16(12)21-15/h6,8-9,11,14-15H,2-5,7,10H2,1H3,(H,18,19). The number of hydrogen-bond acceptors (Lipinski definition) is 3. The summed E-state index contributed by atoms with van der Waals surface area (Å²) in [4.78, 5) is 11.0. The average molecular weight is 290 g/mol. The molecule has 0 radical (unpaired) electrons. The van der Waals surface area contributed by atoms with Crippen LogP contribution in [-0.2, 0) is 11.2 Å². The Hall–Kier alpha value is -1.55. The molecule has 0 bridgehead atoms. The fourth-order valence-electron chi connectivity index (χ4n) is 3.61. The highest BCUT2D eigenvalue weighted by molar-refractivity contribution is 5.88. The fraction of sp³-hybridized carbons (Fsp3) is 0.588. The number of carboxylic acid groups (broad SMARTS) is 1. The molecule has 4 nitrogen and oxygen atoms in total. The summed E-state index contributed by atoms with van der Waals surface area (Å²) in [7, 11) is 1.79. The molecule has 0 spiro atoms. The minimum atomic E-state index is -0.879. The molecular formula is C17H22O4. The van der Waals surface area contributed by atoms with Crippen LogP contribution in [-0.4, -0.2) is 30.4 Å². The lowest BCUT2D eigenvalue weighted by molar-refractivity contribution is 0.00908. The second-order valence-corrected chi connectivity index (χ2v) is 6.11. The lowest BCUT2D eigenvalue weighted by atomic mass is 9.80. The maximum absolute atomic E-state index is 11.0. The van der Waals surface area contributed by atoms with Crippen molar-refractivity contribution in [3.8, 4) is 5.75 Å². The van der Waals surface area contributed by atoms with Crippen LogP contribution in [0.2, 0.25) is 0 Å². The number of aromatic carboxylic acids is 1. The molecule has 2 aliphatic rings. The monoisotopic (exact) mass is 290 g/mol. The molecule has 4 heteroatoms. The smallest absolute Gasteiger partial charge is 0.335 e. The molecule has 0 amide bonds. The number of rotatable bonds is 3. The van der Waals surface area contributed by atoms with E-state index in [0.717, 1.165) is 37.0 Å². The Bertz CT molecular complexity index is 526. The van der Waals surface area contributed by atoms with Gasteiger partial charge in [-0.15, -0.1) is 0 Å². The van der Waals surface area contributed by atoms with E-state index in [0.29, 0.717) is 17.6 Å². The summed E-state index contributed by atoms with van der Waals surface area (Å²) in [5.74, 6) is 0.530. The van der Waals surface area contributed by atoms with E-state index in [1.165, 1.54) is 12.8 Å². The van der Waals surface area contributed by atoms with Crippen molar-refractivity contribution < 1.29 is 19.4 Å². The summed E-state index contributed by atoms with van der Waals surface area (Å²) in [5, 5.41) is 9.04. The van der Waals surface area contributed by atoms with Crippen LogP contribution in [0.3, 0.4) is 0 Å². The number of carboxylic acids is 1. The minimum Gasteiger partial charge on any atom is -0.490 e. The van der Waals surface area contributed by atoms with Crippen molar-refractivity contribution >= 4 is 5.97 Å². The van der Waals surface area contributed by atoms with Crippen molar-refractivity contribution in [2.24, 2.45) is 5.92 Å². The Morgan fingerprint density at radius 1 is 1.33 bits per heavy atom. The van der Waals surface area contributed by atoms with Crippen LogP contribution < -0.4 is 4.74 Å². The predicted octanol–water partition coefficient (Wildman–Crippen LogP) is 3.28. The molecule has 1 aromatic carbocycles. The minimum absolute atomic E-state index is 0.242. The number of aryl methyl sites for hydroxylation is 1. The van der Waals surface area contributed by atoms with Crippen LogP contribution in [0.5, 0.6) is 5.75 Å². The third-order valence-electron chi connectivity index (χ3n) is 4.81. The number of ether oxygens (including phenoxy) is 2. The molecule has 1 aliphatic heterocycles. The van der Waals surface area contributed by atoms with Gasteiger partial charge in [0.2, 0.25) is 0 Å². The van der Waals surface area contributed by atoms with Gasteiger partial charge in [-0.1, -0.05) is 6.42 Å². The van der Waals surface area contributed by atoms with E-state index in [4.69, 9.17) is 14.6 Å². The highest BCUT2D eigenvalue weighted by atomic mass is 16.5. The SMILES string of the molecule is COC1CCCC(C2CCc3cc(C(=O)O)ccc3O2)C1. The topological polar surface area (TPSA) is 55.8 Å². The Morgan fingerprint density at radius 3 is 2.95 bits per heavy atom. The predicted molar refractivity (Wildman–Crippen MR) is 78.9 cm³/mol. The van der Waals surface area contributed by atoms with Gasteiger partial charge in [0.25, 0.3) is 0 Å². The first-order valence-corrected chi connectivity index (χ1v) is 7.73. The van der Waals surface area contributed by atoms with Gasteiger partial charge in [0, 0.05) is 7.11 Å². The number of carbonyl (C=O) groups is 1. The summed E-state index contributed by atoms with van der Waals surface area (Å²) < 4.78 is 11.7. The van der Waals surface area contributed by atoms with Crippen LogP contribution in [0, 0.1) is 5.92 Å². The third kappa shape index (κ3) is 3.05. The second-order valence-electron chi connectivity index (χ2n) is 6.11. The highest BCUT2D eigenvalue weighted by Crippen LogP contribution is 2.36. The number of hydrogen-bond donors (Lipinski definition) is 1. The molecule has 1 N–H and O–H groups in total. The zero-order chi connectivity index (χ0) is 14.8. The molecule has 21 heavy (non-hydrogen) atoms. The second kappa shape index (κ2) is 6.06. The molecule has 3 atom stereocenters. The summed E-state index contributed by atoms with van der Waals surface area (Å²) in [6, 6.07) is 5.18. The van der Waals surface area contributed by atoms with Gasteiger partial charge in [-0.25, -0.2) is 4.79 Å². The number of benzene rings is 1. The van der Waals surface area contributed by atoms with Crippen molar-refractivity contribution in [1.29, 1.82) is 0 Å². The third-order valence-corrected chi connectivity index (χ3v) is 4.81. The van der Waals surface area contributed by atoms with E-state index >= 15 is 0 Å². The summed E-state index contributed by atoms with van der Waals surface area (Å²) >= 11 is 0. The highest BCUT2D eigenvalue weighted by Gasteiger charge is 2.32. The normalized spacial score (nSPS) is 28.5. The van der Waals surface area contributed by atoms with Crippen molar-refractivity contribution in [2.75, 3.05) is 7.11 Å². The van der Waals surface area contributed by atoms with Crippen LogP contribution in [0.1, 0.15) is 48.0 Å².